The first-order valence-electron chi connectivity index (χ1n) is 9.35. The van der Waals surface area contributed by atoms with E-state index in [0.717, 1.165) is 25.1 Å². The van der Waals surface area contributed by atoms with Gasteiger partial charge in [0.2, 0.25) is 0 Å². The van der Waals surface area contributed by atoms with Gasteiger partial charge < -0.3 is 15.2 Å². The topological polar surface area (TPSA) is 107 Å². The number of hydrogen-bond acceptors (Lipinski definition) is 7. The molecule has 0 amide bonds. The molecule has 0 aliphatic carbocycles. The Morgan fingerprint density at radius 1 is 1.33 bits per heavy atom. The number of carboxylic acids is 1. The molecule has 1 aromatic carbocycles. The SMILES string of the molecule is O=C(O)C(C1CCOC1)C(Cc1ccc(C2=CCNC2)cc1)C1=NNNN1. The van der Waals surface area contributed by atoms with Crippen LogP contribution in [0.4, 0.5) is 0 Å². The largest absolute Gasteiger partial charge is 0.481 e. The van der Waals surface area contributed by atoms with E-state index in [1.807, 2.05) is 0 Å². The van der Waals surface area contributed by atoms with Gasteiger partial charge >= 0.3 is 5.97 Å². The van der Waals surface area contributed by atoms with Crippen molar-refractivity contribution >= 4 is 17.4 Å². The number of hydrazine groups is 2. The fourth-order valence-corrected chi connectivity index (χ4v) is 4.12. The summed E-state index contributed by atoms with van der Waals surface area (Å²) in [6.45, 7) is 2.91. The molecule has 0 radical (unpaired) electrons. The van der Waals surface area contributed by atoms with Crippen molar-refractivity contribution in [1.82, 2.24) is 21.8 Å². The second-order valence-corrected chi connectivity index (χ2v) is 7.21. The maximum absolute atomic E-state index is 12.1. The molecule has 144 valence electrons. The number of nitrogens with one attached hydrogen (secondary N) is 4. The molecule has 0 aromatic heterocycles. The second kappa shape index (κ2) is 8.08. The van der Waals surface area contributed by atoms with E-state index >= 15 is 0 Å². The van der Waals surface area contributed by atoms with Gasteiger partial charge in [0, 0.05) is 25.6 Å². The van der Waals surface area contributed by atoms with E-state index < -0.39 is 11.9 Å². The third-order valence-corrected chi connectivity index (χ3v) is 5.55. The van der Waals surface area contributed by atoms with Crippen LogP contribution in [0.1, 0.15) is 17.5 Å². The molecule has 3 aliphatic heterocycles. The normalized spacial score (nSPS) is 23.9. The van der Waals surface area contributed by atoms with Crippen molar-refractivity contribution in [2.24, 2.45) is 22.9 Å². The summed E-state index contributed by atoms with van der Waals surface area (Å²) in [5.74, 6) is -1.00. The molecule has 27 heavy (non-hydrogen) atoms. The molecule has 8 nitrogen and oxygen atoms in total. The van der Waals surface area contributed by atoms with Gasteiger partial charge in [-0.25, -0.2) is 5.53 Å². The maximum Gasteiger partial charge on any atom is 0.307 e. The molecule has 5 N–H and O–H groups in total. The number of hydrogen-bond donors (Lipinski definition) is 5. The molecular weight excluding hydrogens is 346 g/mol. The van der Waals surface area contributed by atoms with Crippen molar-refractivity contribution < 1.29 is 14.6 Å². The minimum Gasteiger partial charge on any atom is -0.481 e. The van der Waals surface area contributed by atoms with Crippen molar-refractivity contribution in [3.05, 3.63) is 41.5 Å². The zero-order valence-electron chi connectivity index (χ0n) is 15.1. The summed E-state index contributed by atoms with van der Waals surface area (Å²) in [5, 5.41) is 17.5. The molecule has 0 spiro atoms. The number of carbonyl (C=O) groups is 1. The summed E-state index contributed by atoms with van der Waals surface area (Å²) in [7, 11) is 0. The first kappa shape index (κ1) is 18.0. The van der Waals surface area contributed by atoms with Crippen molar-refractivity contribution in [3.63, 3.8) is 0 Å². The van der Waals surface area contributed by atoms with E-state index in [4.69, 9.17) is 4.74 Å². The molecule has 3 atom stereocenters. The van der Waals surface area contributed by atoms with Crippen molar-refractivity contribution in [3.8, 4) is 0 Å². The van der Waals surface area contributed by atoms with Gasteiger partial charge in [0.25, 0.3) is 0 Å². The van der Waals surface area contributed by atoms with Crippen LogP contribution in [0, 0.1) is 17.8 Å². The van der Waals surface area contributed by atoms with Gasteiger partial charge in [-0.15, -0.1) is 10.6 Å². The fraction of sp³-hybridized carbons (Fsp3) is 0.474. The number of aliphatic carboxylic acids is 1. The van der Waals surface area contributed by atoms with Gasteiger partial charge in [0.15, 0.2) is 0 Å². The van der Waals surface area contributed by atoms with Crippen LogP contribution in [0.15, 0.2) is 35.4 Å². The quantitative estimate of drug-likeness (QED) is 0.475. The van der Waals surface area contributed by atoms with Crippen LogP contribution in [0.3, 0.4) is 0 Å². The Kier molecular flexibility index (Phi) is 5.38. The standard InChI is InChI=1S/C19H25N5O3/c25-19(26)17(15-6-8-27-11-15)16(18-21-23-24-22-18)9-12-1-3-13(4-2-12)14-5-7-20-10-14/h1-5,15-17,20,23-24H,6-11H2,(H,21,22)(H,25,26). The van der Waals surface area contributed by atoms with Crippen LogP contribution in [0.25, 0.3) is 5.57 Å². The predicted molar refractivity (Wildman–Crippen MR) is 101 cm³/mol. The van der Waals surface area contributed by atoms with E-state index in [1.54, 1.807) is 0 Å². The number of hydrazone groups is 1. The third-order valence-electron chi connectivity index (χ3n) is 5.55. The lowest BCUT2D eigenvalue weighted by atomic mass is 9.77. The zero-order chi connectivity index (χ0) is 18.6. The molecule has 3 unspecified atom stereocenters. The highest BCUT2D eigenvalue weighted by Crippen LogP contribution is 2.32. The molecule has 0 saturated carbocycles. The van der Waals surface area contributed by atoms with Crippen LogP contribution < -0.4 is 21.8 Å². The summed E-state index contributed by atoms with van der Waals surface area (Å²) in [5.41, 5.74) is 12.0. The number of amidine groups is 1. The van der Waals surface area contributed by atoms with Crippen molar-refractivity contribution in [2.45, 2.75) is 12.8 Å². The Balaban J connectivity index is 1.56. The van der Waals surface area contributed by atoms with Crippen LogP contribution >= 0.6 is 0 Å². The minimum absolute atomic E-state index is 0.00779. The van der Waals surface area contributed by atoms with E-state index in [1.165, 1.54) is 11.1 Å². The molecular formula is C19H25N5O3. The number of rotatable bonds is 7. The predicted octanol–water partition coefficient (Wildman–Crippen LogP) is 0.495. The van der Waals surface area contributed by atoms with Gasteiger partial charge in [-0.2, -0.15) is 0 Å². The third kappa shape index (κ3) is 3.97. The first-order valence-corrected chi connectivity index (χ1v) is 9.35. The Hall–Kier alpha value is -2.42. The minimum atomic E-state index is -0.800. The molecule has 3 heterocycles. The highest BCUT2D eigenvalue weighted by Gasteiger charge is 2.40. The monoisotopic (exact) mass is 371 g/mol. The molecule has 1 fully saturated rings. The zero-order valence-corrected chi connectivity index (χ0v) is 15.1. The lowest BCUT2D eigenvalue weighted by Crippen LogP contribution is -2.44. The summed E-state index contributed by atoms with van der Waals surface area (Å²) < 4.78 is 5.46. The van der Waals surface area contributed by atoms with E-state index in [0.29, 0.717) is 25.5 Å². The Bertz CT molecular complexity index is 740. The first-order chi connectivity index (χ1) is 13.2. The highest BCUT2D eigenvalue weighted by molar-refractivity contribution is 5.89. The fourth-order valence-electron chi connectivity index (χ4n) is 4.12. The van der Waals surface area contributed by atoms with Gasteiger partial charge in [-0.05, 0) is 35.5 Å². The van der Waals surface area contributed by atoms with Crippen molar-refractivity contribution in [2.75, 3.05) is 26.3 Å². The summed E-state index contributed by atoms with van der Waals surface area (Å²) in [4.78, 5) is 12.1. The molecule has 1 saturated heterocycles. The number of carboxylic acid groups (broad SMARTS) is 1. The van der Waals surface area contributed by atoms with Crippen LogP contribution in [-0.4, -0.2) is 43.2 Å². The molecule has 8 heteroatoms. The number of ether oxygens (including phenoxy) is 1. The second-order valence-electron chi connectivity index (χ2n) is 7.21. The molecule has 4 rings (SSSR count). The van der Waals surface area contributed by atoms with Crippen LogP contribution in [-0.2, 0) is 16.0 Å². The smallest absolute Gasteiger partial charge is 0.307 e. The summed E-state index contributed by atoms with van der Waals surface area (Å²) in [6, 6.07) is 8.39. The Morgan fingerprint density at radius 2 is 2.19 bits per heavy atom. The molecule has 1 aromatic rings. The highest BCUT2D eigenvalue weighted by atomic mass is 16.5. The van der Waals surface area contributed by atoms with Gasteiger partial charge in [-0.1, -0.05) is 30.3 Å². The van der Waals surface area contributed by atoms with Gasteiger partial charge in [0.05, 0.1) is 12.5 Å². The number of nitrogens with zero attached hydrogens (tertiary/aromatic N) is 1. The van der Waals surface area contributed by atoms with E-state index in [-0.39, 0.29) is 11.8 Å². The maximum atomic E-state index is 12.1. The average molecular weight is 371 g/mol. The van der Waals surface area contributed by atoms with Crippen LogP contribution in [0.2, 0.25) is 0 Å². The lowest BCUT2D eigenvalue weighted by molar-refractivity contribution is -0.145. The van der Waals surface area contributed by atoms with E-state index in [2.05, 4.69) is 57.3 Å². The average Bonchev–Trinajstić information content (AvgIpc) is 3.43. The van der Waals surface area contributed by atoms with Crippen LogP contribution in [0.5, 0.6) is 0 Å². The lowest BCUT2D eigenvalue weighted by Gasteiger charge is -2.27. The Labute approximate surface area is 158 Å². The molecule has 0 bridgehead atoms. The molecule has 3 aliphatic rings. The summed E-state index contributed by atoms with van der Waals surface area (Å²) >= 11 is 0. The Morgan fingerprint density at radius 3 is 2.78 bits per heavy atom. The van der Waals surface area contributed by atoms with Crippen molar-refractivity contribution in [1.29, 1.82) is 0 Å². The number of benzene rings is 1. The summed E-state index contributed by atoms with van der Waals surface area (Å²) in [6.07, 6.45) is 3.56. The van der Waals surface area contributed by atoms with E-state index in [9.17, 15) is 9.90 Å². The van der Waals surface area contributed by atoms with Gasteiger partial charge in [-0.3, -0.25) is 10.2 Å². The van der Waals surface area contributed by atoms with Gasteiger partial charge in [0.1, 0.15) is 5.84 Å².